The highest BCUT2D eigenvalue weighted by Crippen LogP contribution is 2.12. The van der Waals surface area contributed by atoms with Crippen LogP contribution in [0.3, 0.4) is 0 Å². The van der Waals surface area contributed by atoms with Crippen LogP contribution in [-0.2, 0) is 0 Å². The first kappa shape index (κ1) is 15.9. The maximum absolute atomic E-state index is 8.49. The van der Waals surface area contributed by atoms with Crippen LogP contribution in [0.25, 0.3) is 17.0 Å². The smallest absolute Gasteiger partial charge is 0.0912 e. The molecule has 4 nitrogen and oxygen atoms in total. The van der Waals surface area contributed by atoms with E-state index in [9.17, 15) is 0 Å². The van der Waals surface area contributed by atoms with Crippen LogP contribution in [0.5, 0.6) is 0 Å². The van der Waals surface area contributed by atoms with Crippen molar-refractivity contribution in [1.29, 1.82) is 5.26 Å². The van der Waals surface area contributed by atoms with Crippen molar-refractivity contribution >= 4 is 23.5 Å². The average molecular weight is 299 g/mol. The summed E-state index contributed by atoms with van der Waals surface area (Å²) in [6, 6.07) is 17.6. The van der Waals surface area contributed by atoms with E-state index in [1.54, 1.807) is 12.2 Å². The van der Waals surface area contributed by atoms with Gasteiger partial charge in [0.05, 0.1) is 12.7 Å². The number of nitrogens with zero attached hydrogens (tertiary/aromatic N) is 2. The molecule has 0 spiro atoms. The van der Waals surface area contributed by atoms with Crippen molar-refractivity contribution in [1.82, 2.24) is 0 Å². The average Bonchev–Trinajstić information content (AvgIpc) is 2.60. The fraction of sp³-hybridized carbons (Fsp3) is 0.0526. The van der Waals surface area contributed by atoms with Gasteiger partial charge in [-0.05, 0) is 35.9 Å². The minimum atomic E-state index is 0.594. The minimum absolute atomic E-state index is 0.594. The van der Waals surface area contributed by atoms with Crippen LogP contribution >= 0.6 is 0 Å². The summed E-state index contributed by atoms with van der Waals surface area (Å²) >= 11 is 0. The Labute approximate surface area is 136 Å². The number of benzene rings is 2. The Morgan fingerprint density at radius 2 is 1.57 bits per heavy atom. The Bertz CT molecular complexity index is 690. The van der Waals surface area contributed by atoms with E-state index in [4.69, 9.17) is 11.8 Å². The molecule has 0 atom stereocenters. The van der Waals surface area contributed by atoms with Crippen LogP contribution in [0.2, 0.25) is 0 Å². The number of rotatable bonds is 6. The van der Waals surface area contributed by atoms with Crippen molar-refractivity contribution < 1.29 is 0 Å². The molecule has 23 heavy (non-hydrogen) atoms. The third kappa shape index (κ3) is 5.41. The fourth-order valence-corrected chi connectivity index (χ4v) is 1.90. The normalized spacial score (nSPS) is 10.3. The molecule has 0 heterocycles. The predicted molar refractivity (Wildman–Crippen MR) is 94.0 cm³/mol. The molecule has 0 aromatic heterocycles. The first-order valence-electron chi connectivity index (χ1n) is 7.01. The number of anilines is 2. The monoisotopic (exact) mass is 299 g/mol. The van der Waals surface area contributed by atoms with Crippen molar-refractivity contribution in [2.24, 2.45) is 0 Å². The van der Waals surface area contributed by atoms with Crippen molar-refractivity contribution in [3.63, 3.8) is 0 Å². The lowest BCUT2D eigenvalue weighted by Gasteiger charge is -2.10. The quantitative estimate of drug-likeness (QED) is 0.472. The van der Waals surface area contributed by atoms with Gasteiger partial charge in [0.1, 0.15) is 0 Å². The number of hydrogen-bond donors (Lipinski definition) is 2. The molecule has 0 saturated heterocycles. The van der Waals surface area contributed by atoms with Crippen LogP contribution in [-0.4, -0.2) is 6.67 Å². The molecule has 0 aliphatic heterocycles. The Balaban J connectivity index is 1.83. The molecule has 112 valence electrons. The number of nitriles is 1. The van der Waals surface area contributed by atoms with E-state index in [1.807, 2.05) is 54.6 Å². The van der Waals surface area contributed by atoms with Crippen molar-refractivity contribution in [3.8, 4) is 6.07 Å². The van der Waals surface area contributed by atoms with E-state index in [0.717, 1.165) is 22.5 Å². The lowest BCUT2D eigenvalue weighted by Crippen LogP contribution is -2.11. The van der Waals surface area contributed by atoms with Gasteiger partial charge in [0.15, 0.2) is 0 Å². The van der Waals surface area contributed by atoms with Crippen molar-refractivity contribution in [3.05, 3.63) is 83.4 Å². The van der Waals surface area contributed by atoms with Crippen LogP contribution in [0.4, 0.5) is 11.4 Å². The zero-order valence-electron chi connectivity index (χ0n) is 12.5. The molecule has 2 aromatic carbocycles. The summed E-state index contributed by atoms with van der Waals surface area (Å²) in [6.07, 6.45) is 7.35. The Kier molecular flexibility index (Phi) is 6.02. The molecule has 2 aromatic rings. The summed E-state index contributed by atoms with van der Waals surface area (Å²) in [7, 11) is 0. The maximum Gasteiger partial charge on any atom is 0.0912 e. The third-order valence-electron chi connectivity index (χ3n) is 3.05. The second-order valence-electron chi connectivity index (χ2n) is 4.62. The van der Waals surface area contributed by atoms with Gasteiger partial charge in [0.2, 0.25) is 0 Å². The lowest BCUT2D eigenvalue weighted by molar-refractivity contribution is 1.22. The van der Waals surface area contributed by atoms with Crippen molar-refractivity contribution in [2.45, 2.75) is 0 Å². The Hall–Kier alpha value is -3.50. The molecule has 0 saturated carbocycles. The summed E-state index contributed by atoms with van der Waals surface area (Å²) in [5.74, 6) is 0. The van der Waals surface area contributed by atoms with Gasteiger partial charge in [-0.15, -0.1) is 0 Å². The molecular formula is C19H15N4-. The van der Waals surface area contributed by atoms with Gasteiger partial charge in [-0.25, -0.2) is 0 Å². The van der Waals surface area contributed by atoms with Gasteiger partial charge < -0.3 is 15.5 Å². The zero-order valence-corrected chi connectivity index (χ0v) is 12.5. The van der Waals surface area contributed by atoms with Crippen LogP contribution in [0, 0.1) is 24.1 Å². The second kappa shape index (κ2) is 8.71. The minimum Gasteiger partial charge on any atom is -0.478 e. The molecule has 2 N–H and O–H groups in total. The summed E-state index contributed by atoms with van der Waals surface area (Å²) in [4.78, 5) is 3.06. The molecular weight excluding hydrogens is 284 g/mol. The highest BCUT2D eigenvalue weighted by atomic mass is 15.1. The molecule has 4 heteroatoms. The zero-order chi connectivity index (χ0) is 16.3. The number of nitrogens with one attached hydrogen (secondary N) is 2. The van der Waals surface area contributed by atoms with E-state index >= 15 is 0 Å². The molecule has 0 aliphatic rings. The summed E-state index contributed by atoms with van der Waals surface area (Å²) in [5.41, 5.74) is 3.93. The molecule has 0 fully saturated rings. The topological polar surface area (TPSA) is 52.2 Å². The molecule has 0 aliphatic carbocycles. The number of hydrogen-bond acceptors (Lipinski definition) is 3. The van der Waals surface area contributed by atoms with E-state index in [0.29, 0.717) is 6.67 Å². The third-order valence-corrected chi connectivity index (χ3v) is 3.05. The lowest BCUT2D eigenvalue weighted by atomic mass is 10.2. The van der Waals surface area contributed by atoms with E-state index in [-0.39, 0.29) is 0 Å². The number of allylic oxidation sites excluding steroid dienone is 1. The Morgan fingerprint density at radius 1 is 1.00 bits per heavy atom. The highest BCUT2D eigenvalue weighted by Gasteiger charge is 1.93. The standard InChI is InChI=1S/C19H15N4/c1-21-14-12-17-6-10-19(11-7-17)23-15-22-18-8-4-16(5-9-18)3-2-13-20/h2-12,22-23H,15H2/q-1. The fourth-order valence-electron chi connectivity index (χ4n) is 1.90. The molecule has 0 unspecified atom stereocenters. The highest BCUT2D eigenvalue weighted by molar-refractivity contribution is 5.57. The molecule has 0 bridgehead atoms. The van der Waals surface area contributed by atoms with Gasteiger partial charge in [-0.2, -0.15) is 11.3 Å². The van der Waals surface area contributed by atoms with Crippen LogP contribution in [0.1, 0.15) is 11.1 Å². The van der Waals surface area contributed by atoms with E-state index in [1.165, 1.54) is 6.08 Å². The van der Waals surface area contributed by atoms with Gasteiger partial charge in [0.25, 0.3) is 0 Å². The largest absolute Gasteiger partial charge is 0.478 e. The van der Waals surface area contributed by atoms with Crippen molar-refractivity contribution in [2.75, 3.05) is 17.3 Å². The van der Waals surface area contributed by atoms with Crippen LogP contribution < -0.4 is 10.6 Å². The van der Waals surface area contributed by atoms with Gasteiger partial charge in [-0.3, -0.25) is 6.57 Å². The summed E-state index contributed by atoms with van der Waals surface area (Å²) in [5, 5.41) is 15.0. The van der Waals surface area contributed by atoms with E-state index < -0.39 is 0 Å². The molecule has 0 amide bonds. The molecule has 0 radical (unpaired) electrons. The predicted octanol–water partition coefficient (Wildman–Crippen LogP) is 4.40. The van der Waals surface area contributed by atoms with Gasteiger partial charge in [0, 0.05) is 17.5 Å². The Morgan fingerprint density at radius 3 is 2.09 bits per heavy atom. The second-order valence-corrected chi connectivity index (χ2v) is 4.62. The SMILES string of the molecule is [C-]#[N+][C-]=Cc1ccc(NCNc2ccc(C=CC#N)cc2)cc1. The summed E-state index contributed by atoms with van der Waals surface area (Å²) in [6.45, 7) is 7.25. The van der Waals surface area contributed by atoms with Gasteiger partial charge in [-0.1, -0.05) is 36.0 Å². The summed E-state index contributed by atoms with van der Waals surface area (Å²) < 4.78 is 0. The first-order valence-corrected chi connectivity index (χ1v) is 7.01. The van der Waals surface area contributed by atoms with Crippen LogP contribution in [0.15, 0.2) is 54.6 Å². The van der Waals surface area contributed by atoms with E-state index in [2.05, 4.69) is 21.7 Å². The maximum atomic E-state index is 8.49. The molecule has 2 rings (SSSR count). The first-order chi connectivity index (χ1) is 11.3. The van der Waals surface area contributed by atoms with Gasteiger partial charge >= 0.3 is 0 Å².